The fourth-order valence-corrected chi connectivity index (χ4v) is 1.89. The van der Waals surface area contributed by atoms with Gasteiger partial charge in [0.1, 0.15) is 0 Å². The average Bonchev–Trinajstić information content (AvgIpc) is 2.51. The highest BCUT2D eigenvalue weighted by Gasteiger charge is 2.14. The van der Waals surface area contributed by atoms with Crippen molar-refractivity contribution in [1.82, 2.24) is 9.78 Å². The molecule has 0 spiro atoms. The highest BCUT2D eigenvalue weighted by atomic mass is 15.3. The summed E-state index contributed by atoms with van der Waals surface area (Å²) in [5, 5.41) is 4.42. The lowest BCUT2D eigenvalue weighted by molar-refractivity contribution is 0.419. The normalized spacial score (nSPS) is 13.6. The molecule has 2 N–H and O–H groups in total. The van der Waals surface area contributed by atoms with Crippen molar-refractivity contribution in [2.24, 2.45) is 5.73 Å². The van der Waals surface area contributed by atoms with E-state index in [2.05, 4.69) is 30.6 Å². The second-order valence-corrected chi connectivity index (χ2v) is 3.89. The minimum Gasteiger partial charge on any atom is -0.324 e. The lowest BCUT2D eigenvalue weighted by Gasteiger charge is -2.16. The molecule has 0 bridgehead atoms. The standard InChI is InChI=1S/C11H21N3/c1-5-10(6-2)14-9(4)11(7-13-14)8(3)12/h7-8,10H,5-6,12H2,1-4H3. The van der Waals surface area contributed by atoms with Gasteiger partial charge >= 0.3 is 0 Å². The van der Waals surface area contributed by atoms with E-state index in [9.17, 15) is 0 Å². The van der Waals surface area contributed by atoms with E-state index < -0.39 is 0 Å². The van der Waals surface area contributed by atoms with Gasteiger partial charge in [-0.2, -0.15) is 5.10 Å². The average molecular weight is 195 g/mol. The Bertz CT molecular complexity index is 285. The topological polar surface area (TPSA) is 43.8 Å². The zero-order chi connectivity index (χ0) is 10.7. The van der Waals surface area contributed by atoms with Gasteiger partial charge in [0, 0.05) is 17.3 Å². The summed E-state index contributed by atoms with van der Waals surface area (Å²) in [5.41, 5.74) is 8.24. The number of aromatic nitrogens is 2. The molecule has 1 heterocycles. The highest BCUT2D eigenvalue weighted by Crippen LogP contribution is 2.21. The van der Waals surface area contributed by atoms with E-state index in [-0.39, 0.29) is 6.04 Å². The van der Waals surface area contributed by atoms with Crippen LogP contribution in [0.15, 0.2) is 6.20 Å². The van der Waals surface area contributed by atoms with Crippen LogP contribution in [0.2, 0.25) is 0 Å². The summed E-state index contributed by atoms with van der Waals surface area (Å²) in [6.07, 6.45) is 4.15. The zero-order valence-corrected chi connectivity index (χ0v) is 9.62. The fraction of sp³-hybridized carbons (Fsp3) is 0.727. The van der Waals surface area contributed by atoms with E-state index >= 15 is 0 Å². The number of rotatable bonds is 4. The third-order valence-corrected chi connectivity index (χ3v) is 2.86. The highest BCUT2D eigenvalue weighted by molar-refractivity contribution is 5.19. The van der Waals surface area contributed by atoms with Crippen LogP contribution in [0.3, 0.4) is 0 Å². The van der Waals surface area contributed by atoms with Crippen LogP contribution in [-0.4, -0.2) is 9.78 Å². The molecular formula is C11H21N3. The first kappa shape index (κ1) is 11.2. The quantitative estimate of drug-likeness (QED) is 0.802. The van der Waals surface area contributed by atoms with Gasteiger partial charge < -0.3 is 5.73 Å². The van der Waals surface area contributed by atoms with E-state index in [4.69, 9.17) is 5.73 Å². The van der Waals surface area contributed by atoms with Crippen LogP contribution in [0.4, 0.5) is 0 Å². The maximum absolute atomic E-state index is 5.86. The van der Waals surface area contributed by atoms with Gasteiger partial charge in [-0.15, -0.1) is 0 Å². The number of nitrogens with two attached hydrogens (primary N) is 1. The summed E-state index contributed by atoms with van der Waals surface area (Å²) in [4.78, 5) is 0. The second kappa shape index (κ2) is 4.60. The van der Waals surface area contributed by atoms with Gasteiger partial charge in [0.05, 0.1) is 12.2 Å². The number of nitrogens with zero attached hydrogens (tertiary/aromatic N) is 2. The predicted molar refractivity (Wildman–Crippen MR) is 59.2 cm³/mol. The molecule has 0 aliphatic heterocycles. The molecule has 14 heavy (non-hydrogen) atoms. The first-order valence-electron chi connectivity index (χ1n) is 5.41. The van der Waals surface area contributed by atoms with E-state index in [1.165, 1.54) is 5.69 Å². The summed E-state index contributed by atoms with van der Waals surface area (Å²) < 4.78 is 2.11. The van der Waals surface area contributed by atoms with Crippen LogP contribution in [0.25, 0.3) is 0 Å². The second-order valence-electron chi connectivity index (χ2n) is 3.89. The lowest BCUT2D eigenvalue weighted by atomic mass is 10.1. The monoisotopic (exact) mass is 195 g/mol. The molecule has 1 atom stereocenters. The Labute approximate surface area is 86.3 Å². The maximum atomic E-state index is 5.86. The molecule has 1 aromatic heterocycles. The predicted octanol–water partition coefficient (Wildman–Crippen LogP) is 2.57. The lowest BCUT2D eigenvalue weighted by Crippen LogP contribution is -2.12. The molecule has 0 radical (unpaired) electrons. The van der Waals surface area contributed by atoms with Crippen LogP contribution in [0.1, 0.15) is 57.0 Å². The Morgan fingerprint density at radius 2 is 2.00 bits per heavy atom. The SMILES string of the molecule is CCC(CC)n1ncc(C(C)N)c1C. The minimum atomic E-state index is 0.0816. The van der Waals surface area contributed by atoms with E-state index in [1.54, 1.807) is 0 Å². The van der Waals surface area contributed by atoms with Crippen molar-refractivity contribution in [1.29, 1.82) is 0 Å². The molecule has 3 heteroatoms. The van der Waals surface area contributed by atoms with Gasteiger partial charge in [-0.25, -0.2) is 0 Å². The first-order chi connectivity index (χ1) is 6.61. The van der Waals surface area contributed by atoms with Gasteiger partial charge in [-0.3, -0.25) is 4.68 Å². The molecule has 0 amide bonds. The third kappa shape index (κ3) is 1.98. The Balaban J connectivity index is 2.99. The summed E-state index contributed by atoms with van der Waals surface area (Å²) in [6.45, 7) is 8.49. The van der Waals surface area contributed by atoms with Gasteiger partial charge in [0.15, 0.2) is 0 Å². The molecule has 0 aromatic carbocycles. The van der Waals surface area contributed by atoms with E-state index in [0.717, 1.165) is 18.4 Å². The largest absolute Gasteiger partial charge is 0.324 e. The van der Waals surface area contributed by atoms with Gasteiger partial charge in [0.25, 0.3) is 0 Å². The molecule has 0 saturated heterocycles. The smallest absolute Gasteiger partial charge is 0.0540 e. The molecular weight excluding hydrogens is 174 g/mol. The molecule has 1 aromatic rings. The van der Waals surface area contributed by atoms with Crippen LogP contribution in [0, 0.1) is 6.92 Å². The van der Waals surface area contributed by atoms with Crippen LogP contribution >= 0.6 is 0 Å². The third-order valence-electron chi connectivity index (χ3n) is 2.86. The molecule has 1 unspecified atom stereocenters. The van der Waals surface area contributed by atoms with Gasteiger partial charge in [-0.1, -0.05) is 13.8 Å². The Kier molecular flexibility index (Phi) is 3.69. The van der Waals surface area contributed by atoms with E-state index in [1.807, 2.05) is 13.1 Å². The van der Waals surface area contributed by atoms with Gasteiger partial charge in [-0.05, 0) is 26.7 Å². The summed E-state index contributed by atoms with van der Waals surface area (Å²) in [6, 6.07) is 0.598. The molecule has 0 saturated carbocycles. The molecule has 0 aliphatic rings. The van der Waals surface area contributed by atoms with Crippen molar-refractivity contribution in [3.8, 4) is 0 Å². The van der Waals surface area contributed by atoms with Crippen molar-refractivity contribution in [3.63, 3.8) is 0 Å². The van der Waals surface area contributed by atoms with Crippen LogP contribution in [0.5, 0.6) is 0 Å². The van der Waals surface area contributed by atoms with Crippen LogP contribution < -0.4 is 5.73 Å². The first-order valence-corrected chi connectivity index (χ1v) is 5.41. The fourth-order valence-electron chi connectivity index (χ4n) is 1.89. The van der Waals surface area contributed by atoms with Crippen molar-refractivity contribution < 1.29 is 0 Å². The van der Waals surface area contributed by atoms with Crippen molar-refractivity contribution in [2.45, 2.75) is 52.6 Å². The summed E-state index contributed by atoms with van der Waals surface area (Å²) in [5.74, 6) is 0. The van der Waals surface area contributed by atoms with Crippen molar-refractivity contribution in [2.75, 3.05) is 0 Å². The number of hydrogen-bond donors (Lipinski definition) is 1. The summed E-state index contributed by atoms with van der Waals surface area (Å²) in [7, 11) is 0. The molecule has 1 rings (SSSR count). The Hall–Kier alpha value is -0.830. The van der Waals surface area contributed by atoms with Crippen molar-refractivity contribution >= 4 is 0 Å². The zero-order valence-electron chi connectivity index (χ0n) is 9.62. The Morgan fingerprint density at radius 3 is 2.36 bits per heavy atom. The van der Waals surface area contributed by atoms with Gasteiger partial charge in [0.2, 0.25) is 0 Å². The molecule has 0 fully saturated rings. The molecule has 3 nitrogen and oxygen atoms in total. The van der Waals surface area contributed by atoms with Crippen LogP contribution in [-0.2, 0) is 0 Å². The van der Waals surface area contributed by atoms with Crippen molar-refractivity contribution in [3.05, 3.63) is 17.5 Å². The Morgan fingerprint density at radius 1 is 1.43 bits per heavy atom. The maximum Gasteiger partial charge on any atom is 0.0540 e. The van der Waals surface area contributed by atoms with E-state index in [0.29, 0.717) is 6.04 Å². The number of hydrogen-bond acceptors (Lipinski definition) is 2. The molecule has 80 valence electrons. The molecule has 0 aliphatic carbocycles. The minimum absolute atomic E-state index is 0.0816. The summed E-state index contributed by atoms with van der Waals surface area (Å²) >= 11 is 0.